The topological polar surface area (TPSA) is 97.7 Å². The Bertz CT molecular complexity index is 1180. The van der Waals surface area contributed by atoms with Crippen molar-refractivity contribution in [2.75, 3.05) is 12.1 Å². The standard InChI is InChI=1S/C24H26F3N5O2/c1-4-17-8-6-9-20(30-17)16-11-12-22(19(13-16)24(25,26)27)34-14-18-15(2)7-5-10-21(18)32(29)23(33)31(3)28/h5-13H,4,14,28-29H2,1-3H3. The first-order chi connectivity index (χ1) is 16.0. The Balaban J connectivity index is 1.96. The number of hydrogen-bond acceptors (Lipinski definition) is 5. The first kappa shape index (κ1) is 25.0. The maximum absolute atomic E-state index is 13.9. The fourth-order valence-electron chi connectivity index (χ4n) is 3.40. The van der Waals surface area contributed by atoms with E-state index < -0.39 is 17.8 Å². The Morgan fingerprint density at radius 1 is 1.09 bits per heavy atom. The fraction of sp³-hybridized carbons (Fsp3) is 0.250. The van der Waals surface area contributed by atoms with Crippen molar-refractivity contribution >= 4 is 11.7 Å². The molecular formula is C24H26F3N5O2. The second-order valence-electron chi connectivity index (χ2n) is 7.70. The van der Waals surface area contributed by atoms with E-state index in [1.807, 2.05) is 13.0 Å². The summed E-state index contributed by atoms with van der Waals surface area (Å²) in [5.74, 6) is 11.0. The van der Waals surface area contributed by atoms with Gasteiger partial charge in [0.15, 0.2) is 0 Å². The fourth-order valence-corrected chi connectivity index (χ4v) is 3.40. The Morgan fingerprint density at radius 2 is 1.79 bits per heavy atom. The van der Waals surface area contributed by atoms with Crippen LogP contribution >= 0.6 is 0 Å². The summed E-state index contributed by atoms with van der Waals surface area (Å²) in [7, 11) is 1.33. The number of nitrogens with zero attached hydrogens (tertiary/aromatic N) is 3. The van der Waals surface area contributed by atoms with Gasteiger partial charge in [0, 0.05) is 23.9 Å². The number of amides is 2. The van der Waals surface area contributed by atoms with Gasteiger partial charge in [-0.05, 0) is 55.3 Å². The molecule has 0 saturated carbocycles. The van der Waals surface area contributed by atoms with Crippen LogP contribution in [0.15, 0.2) is 54.6 Å². The van der Waals surface area contributed by atoms with Crippen LogP contribution < -0.4 is 21.4 Å². The van der Waals surface area contributed by atoms with E-state index in [-0.39, 0.29) is 18.0 Å². The molecule has 2 amide bonds. The molecule has 0 unspecified atom stereocenters. The average molecular weight is 473 g/mol. The lowest BCUT2D eigenvalue weighted by Crippen LogP contribution is -2.49. The number of carbonyl (C=O) groups excluding carboxylic acids is 1. The highest BCUT2D eigenvalue weighted by atomic mass is 19.4. The van der Waals surface area contributed by atoms with Gasteiger partial charge in [-0.25, -0.2) is 21.5 Å². The second kappa shape index (κ2) is 10.1. The minimum atomic E-state index is -4.65. The third-order valence-corrected chi connectivity index (χ3v) is 5.27. The van der Waals surface area contributed by atoms with E-state index >= 15 is 0 Å². The SMILES string of the molecule is CCc1cccc(-c2ccc(OCc3c(C)cccc3N(N)C(=O)N(C)N)c(C(F)(F)F)c2)n1. The molecule has 0 fully saturated rings. The number of rotatable bonds is 6. The zero-order chi connectivity index (χ0) is 25.0. The molecule has 3 rings (SSSR count). The quantitative estimate of drug-likeness (QED) is 0.304. The van der Waals surface area contributed by atoms with Crippen molar-refractivity contribution in [3.63, 3.8) is 0 Å². The Kier molecular flexibility index (Phi) is 7.43. The van der Waals surface area contributed by atoms with Crippen LogP contribution in [0.5, 0.6) is 5.75 Å². The highest BCUT2D eigenvalue weighted by Crippen LogP contribution is 2.39. The summed E-state index contributed by atoms with van der Waals surface area (Å²) >= 11 is 0. The largest absolute Gasteiger partial charge is 0.488 e. The monoisotopic (exact) mass is 473 g/mol. The van der Waals surface area contributed by atoms with E-state index in [2.05, 4.69) is 4.98 Å². The number of halogens is 3. The summed E-state index contributed by atoms with van der Waals surface area (Å²) in [5, 5.41) is 1.63. The second-order valence-corrected chi connectivity index (χ2v) is 7.70. The van der Waals surface area contributed by atoms with Crippen LogP contribution in [0.4, 0.5) is 23.7 Å². The number of urea groups is 1. The number of carbonyl (C=O) groups is 1. The van der Waals surface area contributed by atoms with Crippen LogP contribution in [0.25, 0.3) is 11.3 Å². The summed E-state index contributed by atoms with van der Waals surface area (Å²) in [6, 6.07) is 13.4. The number of aromatic nitrogens is 1. The van der Waals surface area contributed by atoms with Gasteiger partial charge in [0.1, 0.15) is 12.4 Å². The van der Waals surface area contributed by atoms with Crippen molar-refractivity contribution < 1.29 is 22.7 Å². The lowest BCUT2D eigenvalue weighted by molar-refractivity contribution is -0.139. The molecule has 0 aliphatic carbocycles. The first-order valence-electron chi connectivity index (χ1n) is 10.5. The molecule has 34 heavy (non-hydrogen) atoms. The van der Waals surface area contributed by atoms with Gasteiger partial charge < -0.3 is 4.74 Å². The van der Waals surface area contributed by atoms with Gasteiger partial charge in [0.2, 0.25) is 0 Å². The Hall–Kier alpha value is -3.63. The summed E-state index contributed by atoms with van der Waals surface area (Å²) in [5.41, 5.74) is 2.04. The van der Waals surface area contributed by atoms with Gasteiger partial charge in [-0.3, -0.25) is 9.99 Å². The van der Waals surface area contributed by atoms with E-state index in [9.17, 15) is 18.0 Å². The van der Waals surface area contributed by atoms with Crippen LogP contribution in [0.3, 0.4) is 0 Å². The lowest BCUT2D eigenvalue weighted by atomic mass is 10.0. The molecule has 1 heterocycles. The smallest absolute Gasteiger partial charge is 0.419 e. The lowest BCUT2D eigenvalue weighted by Gasteiger charge is -2.24. The predicted octanol–water partition coefficient (Wildman–Crippen LogP) is 4.82. The van der Waals surface area contributed by atoms with Crippen molar-refractivity contribution in [1.29, 1.82) is 0 Å². The number of nitrogens with two attached hydrogens (primary N) is 2. The molecule has 2 aromatic carbocycles. The number of ether oxygens (including phenoxy) is 1. The van der Waals surface area contributed by atoms with Crippen molar-refractivity contribution in [2.24, 2.45) is 11.7 Å². The molecular weight excluding hydrogens is 447 g/mol. The molecule has 180 valence electrons. The van der Waals surface area contributed by atoms with Crippen LogP contribution in [-0.4, -0.2) is 23.1 Å². The third-order valence-electron chi connectivity index (χ3n) is 5.27. The maximum Gasteiger partial charge on any atom is 0.419 e. The number of pyridine rings is 1. The average Bonchev–Trinajstić information content (AvgIpc) is 2.81. The van der Waals surface area contributed by atoms with Crippen LogP contribution in [0, 0.1) is 6.92 Å². The van der Waals surface area contributed by atoms with Gasteiger partial charge >= 0.3 is 12.2 Å². The molecule has 4 N–H and O–H groups in total. The summed E-state index contributed by atoms with van der Waals surface area (Å²) < 4.78 is 47.3. The molecule has 0 spiro atoms. The van der Waals surface area contributed by atoms with E-state index in [0.29, 0.717) is 28.8 Å². The number of benzene rings is 2. The maximum atomic E-state index is 13.9. The van der Waals surface area contributed by atoms with Gasteiger partial charge in [0.25, 0.3) is 0 Å². The number of anilines is 1. The Morgan fingerprint density at radius 3 is 2.44 bits per heavy atom. The predicted molar refractivity (Wildman–Crippen MR) is 124 cm³/mol. The van der Waals surface area contributed by atoms with Gasteiger partial charge in [0.05, 0.1) is 16.9 Å². The van der Waals surface area contributed by atoms with Crippen LogP contribution in [-0.2, 0) is 19.2 Å². The van der Waals surface area contributed by atoms with Crippen molar-refractivity contribution in [1.82, 2.24) is 9.99 Å². The molecule has 7 nitrogen and oxygen atoms in total. The highest BCUT2D eigenvalue weighted by Gasteiger charge is 2.35. The zero-order valence-electron chi connectivity index (χ0n) is 19.1. The van der Waals surface area contributed by atoms with Crippen molar-refractivity contribution in [3.8, 4) is 17.0 Å². The molecule has 0 radical (unpaired) electrons. The molecule has 0 atom stereocenters. The molecule has 10 heteroatoms. The molecule has 0 saturated heterocycles. The summed E-state index contributed by atoms with van der Waals surface area (Å²) in [6.45, 7) is 3.42. The van der Waals surface area contributed by atoms with E-state index in [4.69, 9.17) is 16.4 Å². The van der Waals surface area contributed by atoms with Gasteiger partial charge in [-0.2, -0.15) is 13.2 Å². The van der Waals surface area contributed by atoms with Crippen LogP contribution in [0.2, 0.25) is 0 Å². The summed E-state index contributed by atoms with van der Waals surface area (Å²) in [4.78, 5) is 16.6. The molecule has 1 aromatic heterocycles. The van der Waals surface area contributed by atoms with Crippen molar-refractivity contribution in [2.45, 2.75) is 33.1 Å². The highest BCUT2D eigenvalue weighted by molar-refractivity contribution is 5.91. The number of aryl methyl sites for hydroxylation is 2. The van der Waals surface area contributed by atoms with E-state index in [1.165, 1.54) is 19.2 Å². The first-order valence-corrected chi connectivity index (χ1v) is 10.5. The minimum Gasteiger partial charge on any atom is -0.488 e. The van der Waals surface area contributed by atoms with Crippen molar-refractivity contribution in [3.05, 3.63) is 77.0 Å². The molecule has 0 aliphatic rings. The van der Waals surface area contributed by atoms with E-state index in [1.54, 1.807) is 37.3 Å². The van der Waals surface area contributed by atoms with Crippen LogP contribution in [0.1, 0.15) is 29.3 Å². The van der Waals surface area contributed by atoms with Gasteiger partial charge in [-0.1, -0.05) is 25.1 Å². The molecule has 0 bridgehead atoms. The number of hydrazine groups is 2. The zero-order valence-corrected chi connectivity index (χ0v) is 19.1. The summed E-state index contributed by atoms with van der Waals surface area (Å²) in [6.07, 6.45) is -3.99. The molecule has 3 aromatic rings. The van der Waals surface area contributed by atoms with Gasteiger partial charge in [-0.15, -0.1) is 0 Å². The third kappa shape index (κ3) is 5.46. The number of hydrogen-bond donors (Lipinski definition) is 2. The number of alkyl halides is 3. The normalized spacial score (nSPS) is 11.3. The molecule has 0 aliphatic heterocycles. The van der Waals surface area contributed by atoms with E-state index in [0.717, 1.165) is 21.8 Å². The Labute approximate surface area is 195 Å². The minimum absolute atomic E-state index is 0.247.